The number of hydrogen-bond donors (Lipinski definition) is 2. The average Bonchev–Trinajstić information content (AvgIpc) is 2.89. The molecule has 4 nitrogen and oxygen atoms in total. The fourth-order valence-electron chi connectivity index (χ4n) is 11.7. The van der Waals surface area contributed by atoms with Crippen LogP contribution in [0.15, 0.2) is 11.6 Å². The predicted octanol–water partition coefficient (Wildman–Crippen LogP) is 7.61. The second-order valence-corrected chi connectivity index (χ2v) is 17.0. The molecule has 1 amide bonds. The predicted molar refractivity (Wildman–Crippen MR) is 166 cm³/mol. The Morgan fingerprint density at radius 2 is 1.60 bits per heavy atom. The number of hydrogen-bond acceptors (Lipinski definition) is 3. The van der Waals surface area contributed by atoms with Gasteiger partial charge in [-0.25, -0.2) is 0 Å². The molecule has 0 aliphatic heterocycles. The first-order valence-electron chi connectivity index (χ1n) is 17.0. The molecule has 228 valence electrons. The van der Waals surface area contributed by atoms with Gasteiger partial charge in [0.15, 0.2) is 0 Å². The highest BCUT2D eigenvalue weighted by atomic mass is 16.3. The standard InChI is InChI=1S/C36H62N2O2/c1-10-38(11-2)23-22-37-30(40)36-20-18-31(3,4)24-26(36)25-12-13-28-33(7)16-15-29(39)32(5,6)27(33)14-17-35(28,9)34(25,8)19-21-36/h12,26-29,39H,10-11,13-24H2,1-9H3,(H,37,40)/t26-,27-,28+,29-,33-,34+,35+,36-/m0/s1. The molecule has 4 heteroatoms. The highest BCUT2D eigenvalue weighted by molar-refractivity contribution is 5.84. The highest BCUT2D eigenvalue weighted by Gasteiger charge is 2.69. The minimum Gasteiger partial charge on any atom is -0.393 e. The van der Waals surface area contributed by atoms with Crippen LogP contribution in [0.3, 0.4) is 0 Å². The molecule has 0 aromatic heterocycles. The topological polar surface area (TPSA) is 52.6 Å². The molecular weight excluding hydrogens is 492 g/mol. The minimum atomic E-state index is -0.245. The summed E-state index contributed by atoms with van der Waals surface area (Å²) in [6.07, 6.45) is 13.7. The molecule has 0 saturated heterocycles. The second kappa shape index (κ2) is 10.1. The summed E-state index contributed by atoms with van der Waals surface area (Å²) in [6, 6.07) is 0. The maximum absolute atomic E-state index is 14.2. The van der Waals surface area contributed by atoms with Gasteiger partial charge >= 0.3 is 0 Å². The SMILES string of the molecule is CCN(CC)CCNC(=O)[C@]12CCC(C)(C)C[C@H]1C1=CC[C@@H]3[C@@]4(C)CC[C@H](O)C(C)(C)[C@@H]4CC[C@@]3(C)[C@]1(C)CC2. The van der Waals surface area contributed by atoms with Crippen LogP contribution in [0.1, 0.15) is 127 Å². The monoisotopic (exact) mass is 554 g/mol. The van der Waals surface area contributed by atoms with Crippen LogP contribution < -0.4 is 5.32 Å². The van der Waals surface area contributed by atoms with E-state index in [1.165, 1.54) is 12.8 Å². The largest absolute Gasteiger partial charge is 0.393 e. The number of aliphatic hydroxyl groups is 1. The van der Waals surface area contributed by atoms with Crippen LogP contribution in [-0.4, -0.2) is 48.2 Å². The Bertz CT molecular complexity index is 1010. The lowest BCUT2D eigenvalue weighted by Gasteiger charge is -2.71. The van der Waals surface area contributed by atoms with E-state index in [0.717, 1.165) is 77.5 Å². The summed E-state index contributed by atoms with van der Waals surface area (Å²) in [5, 5.41) is 14.5. The van der Waals surface area contributed by atoms with E-state index in [9.17, 15) is 9.90 Å². The fourth-order valence-corrected chi connectivity index (χ4v) is 11.7. The summed E-state index contributed by atoms with van der Waals surface area (Å²) in [5.41, 5.74) is 2.33. The van der Waals surface area contributed by atoms with Crippen LogP contribution in [0.5, 0.6) is 0 Å². The van der Waals surface area contributed by atoms with Gasteiger partial charge in [-0.3, -0.25) is 4.79 Å². The van der Waals surface area contributed by atoms with E-state index in [-0.39, 0.29) is 38.6 Å². The van der Waals surface area contributed by atoms with Gasteiger partial charge in [-0.2, -0.15) is 0 Å². The van der Waals surface area contributed by atoms with Crippen LogP contribution in [0.25, 0.3) is 0 Å². The Kier molecular flexibility index (Phi) is 7.73. The van der Waals surface area contributed by atoms with E-state index < -0.39 is 0 Å². The summed E-state index contributed by atoms with van der Waals surface area (Å²) in [7, 11) is 0. The summed E-state index contributed by atoms with van der Waals surface area (Å²) in [5.74, 6) is 1.92. The Morgan fingerprint density at radius 3 is 2.27 bits per heavy atom. The lowest BCUT2D eigenvalue weighted by Crippen LogP contribution is -2.65. The van der Waals surface area contributed by atoms with E-state index in [2.05, 4.69) is 78.6 Å². The van der Waals surface area contributed by atoms with Gasteiger partial charge in [0, 0.05) is 13.1 Å². The van der Waals surface area contributed by atoms with E-state index in [4.69, 9.17) is 0 Å². The summed E-state index contributed by atoms with van der Waals surface area (Å²) in [4.78, 5) is 16.6. The second-order valence-electron chi connectivity index (χ2n) is 17.0. The number of nitrogens with zero attached hydrogens (tertiary/aromatic N) is 1. The van der Waals surface area contributed by atoms with Crippen molar-refractivity contribution in [3.05, 3.63) is 11.6 Å². The van der Waals surface area contributed by atoms with E-state index in [1.54, 1.807) is 5.57 Å². The van der Waals surface area contributed by atoms with Gasteiger partial charge in [0.1, 0.15) is 0 Å². The van der Waals surface area contributed by atoms with Gasteiger partial charge in [0.25, 0.3) is 0 Å². The zero-order valence-corrected chi connectivity index (χ0v) is 27.6. The lowest BCUT2D eigenvalue weighted by atomic mass is 9.33. The van der Waals surface area contributed by atoms with Crippen molar-refractivity contribution in [3.8, 4) is 0 Å². The number of nitrogens with one attached hydrogen (secondary N) is 1. The summed E-state index contributed by atoms with van der Waals surface area (Å²) in [6.45, 7) is 25.6. The van der Waals surface area contributed by atoms with Crippen molar-refractivity contribution >= 4 is 5.91 Å². The molecule has 0 aromatic rings. The van der Waals surface area contributed by atoms with Gasteiger partial charge in [0.05, 0.1) is 11.5 Å². The molecule has 0 aromatic carbocycles. The van der Waals surface area contributed by atoms with Gasteiger partial charge in [-0.05, 0) is 122 Å². The van der Waals surface area contributed by atoms with Crippen LogP contribution in [-0.2, 0) is 4.79 Å². The molecule has 0 bridgehead atoms. The molecule has 5 rings (SSSR count). The highest BCUT2D eigenvalue weighted by Crippen LogP contribution is 2.75. The average molecular weight is 555 g/mol. The number of fused-ring (bicyclic) bond motifs is 7. The van der Waals surface area contributed by atoms with Crippen LogP contribution in [0.2, 0.25) is 0 Å². The van der Waals surface area contributed by atoms with Crippen LogP contribution in [0.4, 0.5) is 0 Å². The molecule has 0 radical (unpaired) electrons. The van der Waals surface area contributed by atoms with Crippen molar-refractivity contribution in [2.75, 3.05) is 26.2 Å². The number of carbonyl (C=O) groups excluding carboxylic acids is 1. The van der Waals surface area contributed by atoms with Crippen molar-refractivity contribution in [1.82, 2.24) is 10.2 Å². The van der Waals surface area contributed by atoms with Gasteiger partial charge < -0.3 is 15.3 Å². The number of amides is 1. The first-order valence-corrected chi connectivity index (χ1v) is 17.0. The van der Waals surface area contributed by atoms with Crippen LogP contribution >= 0.6 is 0 Å². The molecule has 5 aliphatic rings. The molecule has 8 atom stereocenters. The third-order valence-corrected chi connectivity index (χ3v) is 14.7. The number of carbonyl (C=O) groups is 1. The molecule has 2 N–H and O–H groups in total. The molecule has 4 fully saturated rings. The zero-order chi connectivity index (χ0) is 29.4. The first kappa shape index (κ1) is 30.6. The maximum atomic E-state index is 14.2. The van der Waals surface area contributed by atoms with Gasteiger partial charge in [-0.1, -0.05) is 74.0 Å². The van der Waals surface area contributed by atoms with E-state index >= 15 is 0 Å². The minimum absolute atomic E-state index is 0.0163. The molecule has 0 spiro atoms. The molecule has 4 saturated carbocycles. The summed E-state index contributed by atoms with van der Waals surface area (Å²) < 4.78 is 0. The van der Waals surface area contributed by atoms with E-state index in [0.29, 0.717) is 23.7 Å². The number of likely N-dealkylation sites (N-methyl/N-ethyl adjacent to an activating group) is 1. The maximum Gasteiger partial charge on any atom is 0.226 e. The third-order valence-electron chi connectivity index (χ3n) is 14.7. The quantitative estimate of drug-likeness (QED) is 0.332. The molecule has 0 heterocycles. The van der Waals surface area contributed by atoms with Crippen molar-refractivity contribution in [2.24, 2.45) is 50.2 Å². The molecule has 40 heavy (non-hydrogen) atoms. The zero-order valence-electron chi connectivity index (χ0n) is 27.6. The Morgan fingerprint density at radius 1 is 0.925 bits per heavy atom. The van der Waals surface area contributed by atoms with Crippen molar-refractivity contribution < 1.29 is 9.90 Å². The number of allylic oxidation sites excluding steroid dienone is 2. The summed E-state index contributed by atoms with van der Waals surface area (Å²) >= 11 is 0. The molecular formula is C36H62N2O2. The van der Waals surface area contributed by atoms with Crippen molar-refractivity contribution in [1.29, 1.82) is 0 Å². The molecule has 0 unspecified atom stereocenters. The molecule has 5 aliphatic carbocycles. The Balaban J connectivity index is 1.49. The smallest absolute Gasteiger partial charge is 0.226 e. The number of rotatable bonds is 6. The van der Waals surface area contributed by atoms with Crippen molar-refractivity contribution in [2.45, 2.75) is 133 Å². The van der Waals surface area contributed by atoms with Gasteiger partial charge in [-0.15, -0.1) is 0 Å². The Hall–Kier alpha value is -0.870. The lowest BCUT2D eigenvalue weighted by molar-refractivity contribution is -0.203. The normalized spacial score (nSPS) is 45.4. The van der Waals surface area contributed by atoms with Crippen LogP contribution in [0, 0.1) is 50.2 Å². The number of aliphatic hydroxyl groups excluding tert-OH is 1. The third kappa shape index (κ3) is 4.30. The van der Waals surface area contributed by atoms with Gasteiger partial charge in [0.2, 0.25) is 5.91 Å². The first-order chi connectivity index (χ1) is 18.6. The van der Waals surface area contributed by atoms with E-state index in [1.807, 2.05) is 0 Å². The Labute approximate surface area is 246 Å². The van der Waals surface area contributed by atoms with Crippen molar-refractivity contribution in [3.63, 3.8) is 0 Å². The fraction of sp³-hybridized carbons (Fsp3) is 0.917.